The SMILES string of the molecule is CC(C)Oc1ccc(C(=O)Nc2nccnc2Cl)cc1. The molecule has 2 aromatic rings. The van der Waals surface area contributed by atoms with Gasteiger partial charge in [0.05, 0.1) is 6.10 Å². The third kappa shape index (κ3) is 3.68. The smallest absolute Gasteiger partial charge is 0.256 e. The fraction of sp³-hybridized carbons (Fsp3) is 0.214. The lowest BCUT2D eigenvalue weighted by molar-refractivity contribution is 0.102. The number of ether oxygens (including phenoxy) is 1. The number of anilines is 1. The zero-order valence-corrected chi connectivity index (χ0v) is 11.9. The monoisotopic (exact) mass is 291 g/mol. The van der Waals surface area contributed by atoms with E-state index < -0.39 is 0 Å². The zero-order chi connectivity index (χ0) is 14.5. The Kier molecular flexibility index (Phi) is 4.53. The van der Waals surface area contributed by atoms with Crippen LogP contribution in [0.25, 0.3) is 0 Å². The molecule has 1 N–H and O–H groups in total. The van der Waals surface area contributed by atoms with Crippen LogP contribution in [0, 0.1) is 0 Å². The van der Waals surface area contributed by atoms with Crippen molar-refractivity contribution in [3.8, 4) is 5.75 Å². The van der Waals surface area contributed by atoms with Crippen molar-refractivity contribution in [1.29, 1.82) is 0 Å². The largest absolute Gasteiger partial charge is 0.491 e. The van der Waals surface area contributed by atoms with Gasteiger partial charge in [-0.2, -0.15) is 0 Å². The maximum Gasteiger partial charge on any atom is 0.256 e. The summed E-state index contributed by atoms with van der Waals surface area (Å²) in [4.78, 5) is 19.8. The van der Waals surface area contributed by atoms with E-state index in [2.05, 4.69) is 15.3 Å². The van der Waals surface area contributed by atoms with E-state index in [0.29, 0.717) is 11.3 Å². The molecule has 0 radical (unpaired) electrons. The van der Waals surface area contributed by atoms with Crippen LogP contribution < -0.4 is 10.1 Å². The van der Waals surface area contributed by atoms with E-state index >= 15 is 0 Å². The molecule has 5 nitrogen and oxygen atoms in total. The quantitative estimate of drug-likeness (QED) is 0.940. The van der Waals surface area contributed by atoms with Gasteiger partial charge in [-0.25, -0.2) is 9.97 Å². The molecule has 104 valence electrons. The molecule has 0 aliphatic heterocycles. The number of halogens is 1. The average molecular weight is 292 g/mol. The number of hydrogen-bond acceptors (Lipinski definition) is 4. The lowest BCUT2D eigenvalue weighted by atomic mass is 10.2. The van der Waals surface area contributed by atoms with Crippen molar-refractivity contribution in [2.24, 2.45) is 0 Å². The Morgan fingerprint density at radius 2 is 1.85 bits per heavy atom. The van der Waals surface area contributed by atoms with Gasteiger partial charge in [-0.3, -0.25) is 4.79 Å². The molecule has 20 heavy (non-hydrogen) atoms. The zero-order valence-electron chi connectivity index (χ0n) is 11.1. The van der Waals surface area contributed by atoms with Crippen molar-refractivity contribution in [2.45, 2.75) is 20.0 Å². The fourth-order valence-electron chi connectivity index (χ4n) is 1.54. The van der Waals surface area contributed by atoms with Gasteiger partial charge in [0.2, 0.25) is 0 Å². The third-order valence-corrected chi connectivity index (χ3v) is 2.65. The first kappa shape index (κ1) is 14.3. The van der Waals surface area contributed by atoms with Gasteiger partial charge in [0, 0.05) is 18.0 Å². The minimum Gasteiger partial charge on any atom is -0.491 e. The maximum atomic E-state index is 12.0. The second kappa shape index (κ2) is 6.34. The van der Waals surface area contributed by atoms with E-state index in [0.717, 1.165) is 0 Å². The molecule has 0 aliphatic rings. The van der Waals surface area contributed by atoms with Crippen molar-refractivity contribution in [3.63, 3.8) is 0 Å². The molecule has 0 saturated heterocycles. The molecule has 0 spiro atoms. The highest BCUT2D eigenvalue weighted by Crippen LogP contribution is 2.17. The first-order valence-corrected chi connectivity index (χ1v) is 6.48. The lowest BCUT2D eigenvalue weighted by Gasteiger charge is -2.10. The summed E-state index contributed by atoms with van der Waals surface area (Å²) >= 11 is 5.83. The topological polar surface area (TPSA) is 64.1 Å². The molecule has 0 atom stereocenters. The average Bonchev–Trinajstić information content (AvgIpc) is 2.41. The van der Waals surface area contributed by atoms with Gasteiger partial charge in [-0.05, 0) is 38.1 Å². The van der Waals surface area contributed by atoms with Crippen LogP contribution in [0.3, 0.4) is 0 Å². The van der Waals surface area contributed by atoms with Gasteiger partial charge in [0.15, 0.2) is 11.0 Å². The molecule has 2 rings (SSSR count). The highest BCUT2D eigenvalue weighted by Gasteiger charge is 2.10. The molecule has 0 unspecified atom stereocenters. The summed E-state index contributed by atoms with van der Waals surface area (Å²) in [6.45, 7) is 3.88. The summed E-state index contributed by atoms with van der Waals surface area (Å²) < 4.78 is 5.51. The van der Waals surface area contributed by atoms with Crippen LogP contribution in [0.1, 0.15) is 24.2 Å². The second-order valence-electron chi connectivity index (χ2n) is 4.34. The highest BCUT2D eigenvalue weighted by atomic mass is 35.5. The van der Waals surface area contributed by atoms with Gasteiger partial charge in [0.1, 0.15) is 5.75 Å². The van der Waals surface area contributed by atoms with E-state index in [-0.39, 0.29) is 23.0 Å². The molecule has 0 bridgehead atoms. The molecular formula is C14H14ClN3O2. The molecule has 1 heterocycles. The standard InChI is InChI=1S/C14H14ClN3O2/c1-9(2)20-11-5-3-10(4-6-11)14(19)18-13-12(15)16-7-8-17-13/h3-9H,1-2H3,(H,17,18,19). The predicted octanol–water partition coefficient (Wildman–Crippen LogP) is 3.17. The minimum absolute atomic E-state index is 0.0908. The van der Waals surface area contributed by atoms with E-state index in [1.165, 1.54) is 12.4 Å². The van der Waals surface area contributed by atoms with Crippen molar-refractivity contribution in [1.82, 2.24) is 9.97 Å². The van der Waals surface area contributed by atoms with Gasteiger partial charge in [-0.1, -0.05) is 11.6 Å². The number of aromatic nitrogens is 2. The third-order valence-electron chi connectivity index (χ3n) is 2.37. The molecular weight excluding hydrogens is 278 g/mol. The number of nitrogens with one attached hydrogen (secondary N) is 1. The number of benzene rings is 1. The van der Waals surface area contributed by atoms with Crippen molar-refractivity contribution < 1.29 is 9.53 Å². The Morgan fingerprint density at radius 3 is 2.45 bits per heavy atom. The Morgan fingerprint density at radius 1 is 1.20 bits per heavy atom. The molecule has 0 fully saturated rings. The maximum absolute atomic E-state index is 12.0. The molecule has 0 aliphatic carbocycles. The van der Waals surface area contributed by atoms with Crippen molar-refractivity contribution in [2.75, 3.05) is 5.32 Å². The number of carbonyl (C=O) groups excluding carboxylic acids is 1. The van der Waals surface area contributed by atoms with Crippen LogP contribution in [0.4, 0.5) is 5.82 Å². The minimum atomic E-state index is -0.302. The van der Waals surface area contributed by atoms with Crippen LogP contribution in [-0.4, -0.2) is 22.0 Å². The van der Waals surface area contributed by atoms with Crippen molar-refractivity contribution in [3.05, 3.63) is 47.4 Å². The Hall–Kier alpha value is -2.14. The summed E-state index contributed by atoms with van der Waals surface area (Å²) in [7, 11) is 0. The highest BCUT2D eigenvalue weighted by molar-refractivity contribution is 6.32. The fourth-order valence-corrected chi connectivity index (χ4v) is 1.69. The first-order chi connectivity index (χ1) is 9.56. The van der Waals surface area contributed by atoms with Gasteiger partial charge >= 0.3 is 0 Å². The normalized spacial score (nSPS) is 10.4. The predicted molar refractivity (Wildman–Crippen MR) is 77.2 cm³/mol. The van der Waals surface area contributed by atoms with E-state index in [1.54, 1.807) is 24.3 Å². The molecule has 6 heteroatoms. The van der Waals surface area contributed by atoms with Crippen LogP contribution in [0.5, 0.6) is 5.75 Å². The number of hydrogen-bond donors (Lipinski definition) is 1. The summed E-state index contributed by atoms with van der Waals surface area (Å²) in [6.07, 6.45) is 3.00. The number of amides is 1. The van der Waals surface area contributed by atoms with Crippen LogP contribution in [0.2, 0.25) is 5.15 Å². The van der Waals surface area contributed by atoms with E-state index in [1.807, 2.05) is 13.8 Å². The summed E-state index contributed by atoms with van der Waals surface area (Å²) in [5.74, 6) is 0.652. The van der Waals surface area contributed by atoms with Crippen molar-refractivity contribution >= 4 is 23.3 Å². The molecule has 1 aromatic carbocycles. The van der Waals surface area contributed by atoms with Crippen LogP contribution >= 0.6 is 11.6 Å². The van der Waals surface area contributed by atoms with Crippen LogP contribution in [-0.2, 0) is 0 Å². The Labute approximate surface area is 122 Å². The molecule has 1 amide bonds. The van der Waals surface area contributed by atoms with Gasteiger partial charge < -0.3 is 10.1 Å². The van der Waals surface area contributed by atoms with E-state index in [4.69, 9.17) is 16.3 Å². The number of nitrogens with zero attached hydrogens (tertiary/aromatic N) is 2. The lowest BCUT2D eigenvalue weighted by Crippen LogP contribution is -2.13. The summed E-state index contributed by atoms with van der Waals surface area (Å²) in [6, 6.07) is 6.84. The Balaban J connectivity index is 2.08. The summed E-state index contributed by atoms with van der Waals surface area (Å²) in [5.41, 5.74) is 0.489. The second-order valence-corrected chi connectivity index (χ2v) is 4.70. The van der Waals surface area contributed by atoms with E-state index in [9.17, 15) is 4.79 Å². The van der Waals surface area contributed by atoms with Crippen LogP contribution in [0.15, 0.2) is 36.7 Å². The number of rotatable bonds is 4. The number of carbonyl (C=O) groups is 1. The summed E-state index contributed by atoms with van der Waals surface area (Å²) in [5, 5.41) is 2.75. The first-order valence-electron chi connectivity index (χ1n) is 6.11. The van der Waals surface area contributed by atoms with Gasteiger partial charge in [0.25, 0.3) is 5.91 Å². The molecule has 1 aromatic heterocycles. The molecule has 0 saturated carbocycles. The Bertz CT molecular complexity index is 600. The van der Waals surface area contributed by atoms with Gasteiger partial charge in [-0.15, -0.1) is 0 Å².